The Kier molecular flexibility index (Phi) is 3.43. The van der Waals surface area contributed by atoms with Crippen LogP contribution in [-0.2, 0) is 12.0 Å². The molecule has 0 spiro atoms. The third kappa shape index (κ3) is 2.69. The molecule has 6 heteroatoms. The monoisotopic (exact) mass is 314 g/mol. The molecule has 122 valence electrons. The Morgan fingerprint density at radius 1 is 1.13 bits per heavy atom. The zero-order valence-electron chi connectivity index (χ0n) is 13.9. The van der Waals surface area contributed by atoms with Crippen molar-refractivity contribution in [2.24, 2.45) is 0 Å². The Hall–Kier alpha value is -2.37. The van der Waals surface area contributed by atoms with Crippen molar-refractivity contribution >= 4 is 5.82 Å². The number of rotatable bonds is 1. The molecule has 0 saturated heterocycles. The lowest BCUT2D eigenvalue weighted by molar-refractivity contribution is 0.338. The minimum absolute atomic E-state index is 0.0240. The van der Waals surface area contributed by atoms with Crippen LogP contribution in [0, 0.1) is 0 Å². The Morgan fingerprint density at radius 2 is 1.83 bits per heavy atom. The molecule has 0 aliphatic carbocycles. The van der Waals surface area contributed by atoms with Crippen LogP contribution in [0.15, 0.2) is 33.9 Å². The molecule has 6 nitrogen and oxygen atoms in total. The van der Waals surface area contributed by atoms with Gasteiger partial charge in [-0.3, -0.25) is 9.78 Å². The number of anilines is 1. The van der Waals surface area contributed by atoms with Crippen molar-refractivity contribution in [1.29, 1.82) is 0 Å². The number of hydrogen-bond donors (Lipinski definition) is 2. The van der Waals surface area contributed by atoms with Gasteiger partial charge in [-0.1, -0.05) is 38.1 Å². The van der Waals surface area contributed by atoms with Gasteiger partial charge in [0.25, 0.3) is 5.56 Å². The van der Waals surface area contributed by atoms with Crippen molar-refractivity contribution in [3.05, 3.63) is 56.2 Å². The van der Waals surface area contributed by atoms with Gasteiger partial charge in [-0.2, -0.15) is 0 Å². The molecule has 2 aromatic rings. The van der Waals surface area contributed by atoms with Gasteiger partial charge in [0.15, 0.2) is 0 Å². The molecule has 1 aliphatic heterocycles. The van der Waals surface area contributed by atoms with E-state index >= 15 is 0 Å². The lowest BCUT2D eigenvalue weighted by atomic mass is 9.75. The van der Waals surface area contributed by atoms with Gasteiger partial charge in [-0.05, 0) is 36.8 Å². The largest absolute Gasteiger partial charge is 0.342 e. The van der Waals surface area contributed by atoms with Gasteiger partial charge in [0.05, 0.1) is 0 Å². The Balaban J connectivity index is 2.18. The average molecular weight is 314 g/mol. The molecular formula is C17H22N4O2. The summed E-state index contributed by atoms with van der Waals surface area (Å²) in [7, 11) is 0. The highest BCUT2D eigenvalue weighted by atomic mass is 16.2. The number of aromatic amines is 2. The molecule has 0 radical (unpaired) electrons. The summed E-state index contributed by atoms with van der Waals surface area (Å²) in [6, 6.07) is 8.30. The van der Waals surface area contributed by atoms with E-state index < -0.39 is 11.2 Å². The van der Waals surface area contributed by atoms with Crippen LogP contribution >= 0.6 is 0 Å². The standard InChI is InChI=1S/C17H22N4O2/c1-16(2)10-17(3,4)21(9-11-7-5-6-8-12(11)16)13-14(22)18-15(23)20-19-13/h5-8H,9-10H2,1-4H3,(H2,18,20,22,23). The third-order valence-electron chi connectivity index (χ3n) is 4.63. The number of aromatic nitrogens is 3. The first-order chi connectivity index (χ1) is 10.7. The predicted octanol–water partition coefficient (Wildman–Crippen LogP) is 1.92. The highest BCUT2D eigenvalue weighted by Crippen LogP contribution is 2.41. The number of benzene rings is 1. The SMILES string of the molecule is CC1(C)CC(C)(C)N(c2n[nH]c(=O)[nH]c2=O)Cc2ccccc21. The maximum atomic E-state index is 12.2. The Bertz CT molecular complexity index is 848. The highest BCUT2D eigenvalue weighted by molar-refractivity contribution is 5.46. The van der Waals surface area contributed by atoms with Crippen LogP contribution in [-0.4, -0.2) is 20.7 Å². The van der Waals surface area contributed by atoms with Gasteiger partial charge in [-0.15, -0.1) is 5.10 Å². The Labute approximate surface area is 134 Å². The van der Waals surface area contributed by atoms with Gasteiger partial charge in [0, 0.05) is 12.1 Å². The fourth-order valence-electron chi connectivity index (χ4n) is 3.86. The van der Waals surface area contributed by atoms with Crippen LogP contribution in [0.4, 0.5) is 5.82 Å². The van der Waals surface area contributed by atoms with E-state index in [0.29, 0.717) is 6.54 Å². The van der Waals surface area contributed by atoms with Crippen molar-refractivity contribution in [3.8, 4) is 0 Å². The molecule has 1 aliphatic rings. The minimum atomic E-state index is -0.591. The van der Waals surface area contributed by atoms with Crippen molar-refractivity contribution in [2.75, 3.05) is 4.90 Å². The lowest BCUT2D eigenvalue weighted by Crippen LogP contribution is -2.48. The van der Waals surface area contributed by atoms with Crippen molar-refractivity contribution in [1.82, 2.24) is 15.2 Å². The molecule has 0 atom stereocenters. The zero-order chi connectivity index (χ0) is 16.8. The van der Waals surface area contributed by atoms with Gasteiger partial charge in [0.1, 0.15) is 0 Å². The van der Waals surface area contributed by atoms with Crippen LogP contribution in [0.5, 0.6) is 0 Å². The van der Waals surface area contributed by atoms with Gasteiger partial charge in [-0.25, -0.2) is 9.89 Å². The molecule has 1 aromatic carbocycles. The lowest BCUT2D eigenvalue weighted by Gasteiger charge is -2.40. The van der Waals surface area contributed by atoms with E-state index in [2.05, 4.69) is 55.0 Å². The smallest absolute Gasteiger partial charge is 0.341 e. The molecule has 3 rings (SSSR count). The van der Waals surface area contributed by atoms with E-state index in [1.807, 2.05) is 17.0 Å². The van der Waals surface area contributed by atoms with Crippen molar-refractivity contribution < 1.29 is 0 Å². The van der Waals surface area contributed by atoms with E-state index in [4.69, 9.17) is 0 Å². The molecule has 2 N–H and O–H groups in total. The Morgan fingerprint density at radius 3 is 2.52 bits per heavy atom. The molecular weight excluding hydrogens is 292 g/mol. The second-order valence-corrected chi connectivity index (χ2v) is 7.45. The molecule has 0 bridgehead atoms. The molecule has 0 amide bonds. The van der Waals surface area contributed by atoms with Crippen LogP contribution in [0.2, 0.25) is 0 Å². The van der Waals surface area contributed by atoms with Crippen LogP contribution in [0.3, 0.4) is 0 Å². The second-order valence-electron chi connectivity index (χ2n) is 7.45. The summed E-state index contributed by atoms with van der Waals surface area (Å²) in [5.41, 5.74) is 1.10. The van der Waals surface area contributed by atoms with E-state index in [1.54, 1.807) is 0 Å². The summed E-state index contributed by atoms with van der Waals surface area (Å²) in [6.45, 7) is 9.23. The maximum absolute atomic E-state index is 12.2. The number of fused-ring (bicyclic) bond motifs is 1. The van der Waals surface area contributed by atoms with Crippen molar-refractivity contribution in [2.45, 2.75) is 51.6 Å². The molecule has 23 heavy (non-hydrogen) atoms. The summed E-state index contributed by atoms with van der Waals surface area (Å²) in [4.78, 5) is 27.7. The topological polar surface area (TPSA) is 81.8 Å². The minimum Gasteiger partial charge on any atom is -0.341 e. The van der Waals surface area contributed by atoms with E-state index in [-0.39, 0.29) is 16.8 Å². The normalized spacial score (nSPS) is 19.0. The summed E-state index contributed by atoms with van der Waals surface area (Å²) >= 11 is 0. The molecule has 2 heterocycles. The summed E-state index contributed by atoms with van der Waals surface area (Å²) in [5.74, 6) is 0.252. The van der Waals surface area contributed by atoms with Crippen LogP contribution in [0.25, 0.3) is 0 Å². The van der Waals surface area contributed by atoms with Gasteiger partial charge >= 0.3 is 5.69 Å². The first-order valence-corrected chi connectivity index (χ1v) is 7.76. The number of hydrogen-bond acceptors (Lipinski definition) is 4. The third-order valence-corrected chi connectivity index (χ3v) is 4.63. The first kappa shape index (κ1) is 15.5. The second kappa shape index (κ2) is 5.08. The average Bonchev–Trinajstić information content (AvgIpc) is 2.52. The summed E-state index contributed by atoms with van der Waals surface area (Å²) < 4.78 is 0. The molecule has 0 unspecified atom stereocenters. The number of nitrogens with one attached hydrogen (secondary N) is 2. The van der Waals surface area contributed by atoms with E-state index in [9.17, 15) is 9.59 Å². The van der Waals surface area contributed by atoms with Crippen LogP contribution in [0.1, 0.15) is 45.2 Å². The first-order valence-electron chi connectivity index (χ1n) is 7.76. The van der Waals surface area contributed by atoms with Crippen molar-refractivity contribution in [3.63, 3.8) is 0 Å². The molecule has 1 aromatic heterocycles. The fraction of sp³-hybridized carbons (Fsp3) is 0.471. The van der Waals surface area contributed by atoms with E-state index in [1.165, 1.54) is 11.1 Å². The maximum Gasteiger partial charge on any atom is 0.342 e. The molecule has 0 fully saturated rings. The summed E-state index contributed by atoms with van der Waals surface area (Å²) in [5, 5.41) is 6.34. The quantitative estimate of drug-likeness (QED) is 0.842. The fourth-order valence-corrected chi connectivity index (χ4v) is 3.86. The zero-order valence-corrected chi connectivity index (χ0v) is 13.9. The predicted molar refractivity (Wildman–Crippen MR) is 89.8 cm³/mol. The highest BCUT2D eigenvalue weighted by Gasteiger charge is 2.40. The molecule has 0 saturated carbocycles. The van der Waals surface area contributed by atoms with Crippen LogP contribution < -0.4 is 16.1 Å². The van der Waals surface area contributed by atoms with Gasteiger partial charge in [0.2, 0.25) is 5.82 Å². The number of H-pyrrole nitrogens is 2. The number of nitrogens with zero attached hydrogens (tertiary/aromatic N) is 2. The van der Waals surface area contributed by atoms with E-state index in [0.717, 1.165) is 6.42 Å². The van der Waals surface area contributed by atoms with Gasteiger partial charge < -0.3 is 4.90 Å². The summed E-state index contributed by atoms with van der Waals surface area (Å²) in [6.07, 6.45) is 0.858.